The molecule has 0 spiro atoms. The van der Waals surface area contributed by atoms with Crippen molar-refractivity contribution in [3.05, 3.63) is 42.2 Å². The number of hydrogen-bond donors (Lipinski definition) is 0. The van der Waals surface area contributed by atoms with Gasteiger partial charge in [0, 0.05) is 45.2 Å². The van der Waals surface area contributed by atoms with Crippen LogP contribution < -0.4 is 0 Å². The highest BCUT2D eigenvalue weighted by Crippen LogP contribution is 2.29. The number of piperidine rings is 1. The second kappa shape index (κ2) is 7.46. The first-order valence-corrected chi connectivity index (χ1v) is 9.42. The van der Waals surface area contributed by atoms with E-state index in [4.69, 9.17) is 0 Å². The SMILES string of the molecule is Cn1cnnc1C1CCN(C(=O)[C@@H]2CC(=O)N(Cc3ccccn3)C2)CC1. The van der Waals surface area contributed by atoms with E-state index in [0.29, 0.717) is 38.5 Å². The van der Waals surface area contributed by atoms with E-state index in [1.807, 2.05) is 34.7 Å². The van der Waals surface area contributed by atoms with Gasteiger partial charge in [0.1, 0.15) is 12.2 Å². The van der Waals surface area contributed by atoms with Crippen LogP contribution in [0.2, 0.25) is 0 Å². The van der Waals surface area contributed by atoms with E-state index in [9.17, 15) is 9.59 Å². The molecule has 0 aromatic carbocycles. The predicted octanol–water partition coefficient (Wildman–Crippen LogP) is 0.965. The molecule has 0 aliphatic carbocycles. The minimum absolute atomic E-state index is 0.0352. The van der Waals surface area contributed by atoms with E-state index < -0.39 is 0 Å². The summed E-state index contributed by atoms with van der Waals surface area (Å²) in [5.74, 6) is 1.22. The summed E-state index contributed by atoms with van der Waals surface area (Å²) in [5, 5.41) is 8.15. The standard InChI is InChI=1S/C19H24N6O2/c1-23-13-21-22-18(23)14-5-8-24(9-6-14)19(27)15-10-17(26)25(11-15)12-16-4-2-3-7-20-16/h2-4,7,13-15H,5-6,8-12H2,1H3/t15-/m1/s1. The van der Waals surface area contributed by atoms with Gasteiger partial charge in [-0.25, -0.2) is 0 Å². The Morgan fingerprint density at radius 3 is 2.74 bits per heavy atom. The molecule has 0 unspecified atom stereocenters. The zero-order valence-corrected chi connectivity index (χ0v) is 15.5. The average molecular weight is 368 g/mol. The highest BCUT2D eigenvalue weighted by atomic mass is 16.2. The molecule has 2 aromatic rings. The van der Waals surface area contributed by atoms with Gasteiger partial charge in [-0.3, -0.25) is 14.6 Å². The number of aryl methyl sites for hydroxylation is 1. The van der Waals surface area contributed by atoms with E-state index >= 15 is 0 Å². The zero-order chi connectivity index (χ0) is 18.8. The van der Waals surface area contributed by atoms with E-state index in [-0.39, 0.29) is 17.7 Å². The topological polar surface area (TPSA) is 84.2 Å². The van der Waals surface area contributed by atoms with Crippen LogP contribution in [0.25, 0.3) is 0 Å². The highest BCUT2D eigenvalue weighted by molar-refractivity contribution is 5.89. The number of amides is 2. The lowest BCUT2D eigenvalue weighted by Gasteiger charge is -2.33. The zero-order valence-electron chi connectivity index (χ0n) is 15.5. The third-order valence-corrected chi connectivity index (χ3v) is 5.56. The van der Waals surface area contributed by atoms with Gasteiger partial charge in [-0.2, -0.15) is 0 Å². The first kappa shape index (κ1) is 17.6. The van der Waals surface area contributed by atoms with Crippen LogP contribution in [0.15, 0.2) is 30.7 Å². The first-order valence-electron chi connectivity index (χ1n) is 9.42. The number of nitrogens with zero attached hydrogens (tertiary/aromatic N) is 6. The van der Waals surface area contributed by atoms with Crippen LogP contribution in [0.5, 0.6) is 0 Å². The van der Waals surface area contributed by atoms with Crippen LogP contribution in [0, 0.1) is 5.92 Å². The van der Waals surface area contributed by atoms with Crippen molar-refractivity contribution >= 4 is 11.8 Å². The summed E-state index contributed by atoms with van der Waals surface area (Å²) in [6.45, 7) is 2.37. The predicted molar refractivity (Wildman–Crippen MR) is 97.3 cm³/mol. The van der Waals surface area contributed by atoms with Crippen molar-refractivity contribution in [3.63, 3.8) is 0 Å². The van der Waals surface area contributed by atoms with Crippen LogP contribution in [0.4, 0.5) is 0 Å². The Bertz CT molecular complexity index is 813. The van der Waals surface area contributed by atoms with Crippen molar-refractivity contribution in [2.24, 2.45) is 13.0 Å². The molecule has 1 atom stereocenters. The molecule has 27 heavy (non-hydrogen) atoms. The van der Waals surface area contributed by atoms with Crippen LogP contribution in [0.1, 0.15) is 36.7 Å². The van der Waals surface area contributed by atoms with Gasteiger partial charge in [-0.05, 0) is 25.0 Å². The molecule has 0 saturated carbocycles. The Balaban J connectivity index is 1.33. The van der Waals surface area contributed by atoms with Crippen molar-refractivity contribution in [3.8, 4) is 0 Å². The summed E-state index contributed by atoms with van der Waals surface area (Å²) in [6.07, 6.45) is 5.51. The van der Waals surface area contributed by atoms with Crippen molar-refractivity contribution in [1.29, 1.82) is 0 Å². The molecule has 2 aromatic heterocycles. The van der Waals surface area contributed by atoms with Gasteiger partial charge >= 0.3 is 0 Å². The highest BCUT2D eigenvalue weighted by Gasteiger charge is 2.38. The minimum Gasteiger partial charge on any atom is -0.342 e. The maximum atomic E-state index is 12.9. The number of aromatic nitrogens is 4. The van der Waals surface area contributed by atoms with Crippen LogP contribution in [-0.4, -0.2) is 61.0 Å². The lowest BCUT2D eigenvalue weighted by atomic mass is 9.94. The molecule has 4 rings (SSSR count). The Morgan fingerprint density at radius 2 is 2.07 bits per heavy atom. The molecule has 2 aliphatic rings. The summed E-state index contributed by atoms with van der Waals surface area (Å²) in [6, 6.07) is 5.67. The number of carbonyl (C=O) groups excluding carboxylic acids is 2. The normalized spacial score (nSPS) is 21.1. The van der Waals surface area contributed by atoms with Crippen molar-refractivity contribution < 1.29 is 9.59 Å². The number of likely N-dealkylation sites (tertiary alicyclic amines) is 2. The Morgan fingerprint density at radius 1 is 1.26 bits per heavy atom. The minimum atomic E-state index is -0.243. The number of carbonyl (C=O) groups is 2. The molecule has 0 N–H and O–H groups in total. The largest absolute Gasteiger partial charge is 0.342 e. The second-order valence-electron chi connectivity index (χ2n) is 7.40. The molecule has 0 radical (unpaired) electrons. The number of rotatable bonds is 4. The number of pyridine rings is 1. The van der Waals surface area contributed by atoms with Gasteiger partial charge in [0.05, 0.1) is 18.2 Å². The van der Waals surface area contributed by atoms with Crippen LogP contribution in [0.3, 0.4) is 0 Å². The van der Waals surface area contributed by atoms with E-state index in [0.717, 1.165) is 24.4 Å². The van der Waals surface area contributed by atoms with Crippen LogP contribution in [-0.2, 0) is 23.2 Å². The van der Waals surface area contributed by atoms with Crippen LogP contribution >= 0.6 is 0 Å². The average Bonchev–Trinajstić information content (AvgIpc) is 3.28. The third-order valence-electron chi connectivity index (χ3n) is 5.56. The summed E-state index contributed by atoms with van der Waals surface area (Å²) in [5.41, 5.74) is 0.850. The molecule has 8 nitrogen and oxygen atoms in total. The molecule has 2 saturated heterocycles. The third kappa shape index (κ3) is 3.70. The molecule has 2 amide bonds. The summed E-state index contributed by atoms with van der Waals surface area (Å²) < 4.78 is 1.95. The second-order valence-corrected chi connectivity index (χ2v) is 7.40. The maximum Gasteiger partial charge on any atom is 0.227 e. The molecule has 8 heteroatoms. The van der Waals surface area contributed by atoms with E-state index in [1.165, 1.54) is 0 Å². The van der Waals surface area contributed by atoms with Crippen molar-refractivity contribution in [2.45, 2.75) is 31.7 Å². The number of hydrogen-bond acceptors (Lipinski definition) is 5. The van der Waals surface area contributed by atoms with Gasteiger partial charge in [0.15, 0.2) is 0 Å². The van der Waals surface area contributed by atoms with Gasteiger partial charge in [0.25, 0.3) is 0 Å². The molecular weight excluding hydrogens is 344 g/mol. The molecule has 0 bridgehead atoms. The Hall–Kier alpha value is -2.77. The fourth-order valence-corrected chi connectivity index (χ4v) is 4.06. The lowest BCUT2D eigenvalue weighted by molar-refractivity contribution is -0.136. The summed E-state index contributed by atoms with van der Waals surface area (Å²) >= 11 is 0. The monoisotopic (exact) mass is 368 g/mol. The molecule has 2 fully saturated rings. The summed E-state index contributed by atoms with van der Waals surface area (Å²) in [7, 11) is 1.95. The molecule has 2 aliphatic heterocycles. The van der Waals surface area contributed by atoms with Gasteiger partial charge in [-0.15, -0.1) is 10.2 Å². The molecule has 142 valence electrons. The summed E-state index contributed by atoms with van der Waals surface area (Å²) in [4.78, 5) is 33.2. The van der Waals surface area contributed by atoms with Gasteiger partial charge < -0.3 is 14.4 Å². The van der Waals surface area contributed by atoms with E-state index in [1.54, 1.807) is 17.4 Å². The fraction of sp³-hybridized carbons (Fsp3) is 0.526. The van der Waals surface area contributed by atoms with Crippen molar-refractivity contribution in [1.82, 2.24) is 29.5 Å². The van der Waals surface area contributed by atoms with Crippen molar-refractivity contribution in [2.75, 3.05) is 19.6 Å². The van der Waals surface area contributed by atoms with Gasteiger partial charge in [-0.1, -0.05) is 6.07 Å². The fourth-order valence-electron chi connectivity index (χ4n) is 4.06. The maximum absolute atomic E-state index is 12.9. The Labute approximate surface area is 158 Å². The smallest absolute Gasteiger partial charge is 0.227 e. The lowest BCUT2D eigenvalue weighted by Crippen LogP contribution is -2.42. The Kier molecular flexibility index (Phi) is 4.87. The molecule has 4 heterocycles. The van der Waals surface area contributed by atoms with Gasteiger partial charge in [0.2, 0.25) is 11.8 Å². The van der Waals surface area contributed by atoms with E-state index in [2.05, 4.69) is 15.2 Å². The first-order chi connectivity index (χ1) is 13.1. The molecular formula is C19H24N6O2. The quantitative estimate of drug-likeness (QED) is 0.803.